The van der Waals surface area contributed by atoms with Crippen LogP contribution in [0, 0.1) is 12.3 Å². The fourth-order valence-electron chi connectivity index (χ4n) is 2.63. The van der Waals surface area contributed by atoms with Gasteiger partial charge in [-0.25, -0.2) is 0 Å². The molecular formula is C14H24BNO. The average Bonchev–Trinajstić information content (AvgIpc) is 2.68. The van der Waals surface area contributed by atoms with Crippen molar-refractivity contribution in [2.24, 2.45) is 0 Å². The molecule has 0 N–H and O–H groups in total. The van der Waals surface area contributed by atoms with Crippen molar-refractivity contribution < 1.29 is 4.65 Å². The van der Waals surface area contributed by atoms with Gasteiger partial charge in [-0.05, 0) is 36.0 Å². The third-order valence-electron chi connectivity index (χ3n) is 3.32. The second kappa shape index (κ2) is 6.28. The molecule has 17 heavy (non-hydrogen) atoms. The van der Waals surface area contributed by atoms with Gasteiger partial charge in [0.05, 0.1) is 0 Å². The molecule has 1 saturated heterocycles. The lowest BCUT2D eigenvalue weighted by Crippen LogP contribution is -2.49. The zero-order valence-corrected chi connectivity index (χ0v) is 11.8. The fraction of sp³-hybridized carbons (Fsp3) is 0.714. The standard InChI is InChI=1S/C14H24BNO/c1-7-13(8-2)14-9-10-17-15(14)16(11(3)4)12(5)6/h1,11-12H,8-10H2,2-6H3/b14-13+. The summed E-state index contributed by atoms with van der Waals surface area (Å²) < 4.78 is 5.91. The topological polar surface area (TPSA) is 12.5 Å². The number of hydrogen-bond donors (Lipinski definition) is 0. The van der Waals surface area contributed by atoms with Crippen LogP contribution in [-0.2, 0) is 4.65 Å². The maximum absolute atomic E-state index is 5.91. The summed E-state index contributed by atoms with van der Waals surface area (Å²) in [4.78, 5) is 2.40. The molecule has 1 aliphatic rings. The van der Waals surface area contributed by atoms with E-state index >= 15 is 0 Å². The van der Waals surface area contributed by atoms with Crippen LogP contribution in [0.2, 0.25) is 0 Å². The van der Waals surface area contributed by atoms with E-state index < -0.39 is 0 Å². The molecule has 0 amide bonds. The minimum atomic E-state index is 0.0843. The molecule has 0 atom stereocenters. The highest BCUT2D eigenvalue weighted by molar-refractivity contribution is 6.58. The van der Waals surface area contributed by atoms with Crippen LogP contribution in [0.3, 0.4) is 0 Å². The number of rotatable bonds is 4. The molecule has 0 aromatic rings. The molecule has 1 aliphatic heterocycles. The van der Waals surface area contributed by atoms with Gasteiger partial charge in [-0.1, -0.05) is 40.5 Å². The van der Waals surface area contributed by atoms with Gasteiger partial charge in [-0.3, -0.25) is 0 Å². The van der Waals surface area contributed by atoms with Crippen LogP contribution in [0.25, 0.3) is 0 Å². The Hall–Kier alpha value is -0.715. The van der Waals surface area contributed by atoms with Crippen molar-refractivity contribution in [2.75, 3.05) is 6.61 Å². The molecule has 2 nitrogen and oxygen atoms in total. The highest BCUT2D eigenvalue weighted by atomic mass is 16.4. The molecule has 3 heteroatoms. The maximum atomic E-state index is 5.91. The van der Waals surface area contributed by atoms with Crippen LogP contribution in [0.15, 0.2) is 11.0 Å². The van der Waals surface area contributed by atoms with E-state index in [9.17, 15) is 0 Å². The van der Waals surface area contributed by atoms with Crippen LogP contribution in [-0.4, -0.2) is 30.6 Å². The van der Waals surface area contributed by atoms with Gasteiger partial charge in [0, 0.05) is 6.61 Å². The zero-order valence-electron chi connectivity index (χ0n) is 11.8. The van der Waals surface area contributed by atoms with Gasteiger partial charge < -0.3 is 9.47 Å². The molecule has 0 unspecified atom stereocenters. The summed E-state index contributed by atoms with van der Waals surface area (Å²) in [6.07, 6.45) is 7.50. The molecule has 0 bridgehead atoms. The SMILES string of the molecule is C#C/C(CC)=C1/CCOB1N(C(C)C)C(C)C. The van der Waals surface area contributed by atoms with Crippen molar-refractivity contribution in [3.8, 4) is 12.3 Å². The van der Waals surface area contributed by atoms with Crippen molar-refractivity contribution in [1.82, 2.24) is 4.81 Å². The predicted molar refractivity (Wildman–Crippen MR) is 74.6 cm³/mol. The molecule has 0 aromatic heterocycles. The maximum Gasteiger partial charge on any atom is 0.415 e. The highest BCUT2D eigenvalue weighted by Crippen LogP contribution is 2.27. The second-order valence-electron chi connectivity index (χ2n) is 5.11. The number of terminal acetylenes is 1. The summed E-state index contributed by atoms with van der Waals surface area (Å²) in [5.41, 5.74) is 2.44. The predicted octanol–water partition coefficient (Wildman–Crippen LogP) is 2.89. The molecule has 0 radical (unpaired) electrons. The minimum Gasteiger partial charge on any atom is -0.417 e. The largest absolute Gasteiger partial charge is 0.417 e. The van der Waals surface area contributed by atoms with E-state index in [-0.39, 0.29) is 7.05 Å². The van der Waals surface area contributed by atoms with E-state index in [2.05, 4.69) is 45.4 Å². The first kappa shape index (κ1) is 14.3. The molecule has 1 fully saturated rings. The monoisotopic (exact) mass is 233 g/mol. The van der Waals surface area contributed by atoms with Crippen LogP contribution < -0.4 is 0 Å². The molecule has 0 saturated carbocycles. The zero-order chi connectivity index (χ0) is 13.0. The van der Waals surface area contributed by atoms with Crippen LogP contribution >= 0.6 is 0 Å². The van der Waals surface area contributed by atoms with Gasteiger partial charge >= 0.3 is 7.05 Å². The number of allylic oxidation sites excluding steroid dienone is 1. The first-order valence-electron chi connectivity index (χ1n) is 6.60. The summed E-state index contributed by atoms with van der Waals surface area (Å²) in [6, 6.07) is 0.924. The van der Waals surface area contributed by atoms with Crippen molar-refractivity contribution in [2.45, 2.75) is 59.5 Å². The van der Waals surface area contributed by atoms with Gasteiger partial charge in [0.25, 0.3) is 0 Å². The van der Waals surface area contributed by atoms with Gasteiger partial charge in [0.2, 0.25) is 0 Å². The Morgan fingerprint density at radius 1 is 1.41 bits per heavy atom. The molecule has 0 aromatic carbocycles. The van der Waals surface area contributed by atoms with E-state index in [0.29, 0.717) is 12.1 Å². The van der Waals surface area contributed by atoms with E-state index in [0.717, 1.165) is 25.0 Å². The lowest BCUT2D eigenvalue weighted by Gasteiger charge is -2.34. The molecule has 94 valence electrons. The fourth-order valence-corrected chi connectivity index (χ4v) is 2.63. The molecule has 1 rings (SSSR count). The van der Waals surface area contributed by atoms with Crippen molar-refractivity contribution >= 4 is 7.05 Å². The number of nitrogens with zero attached hydrogens (tertiary/aromatic N) is 1. The lowest BCUT2D eigenvalue weighted by atomic mass is 9.67. The minimum absolute atomic E-state index is 0.0843. The summed E-state index contributed by atoms with van der Waals surface area (Å²) in [5.74, 6) is 2.83. The Bertz CT molecular complexity index is 320. The first-order chi connectivity index (χ1) is 8.02. The normalized spacial score (nSPS) is 19.4. The molecule has 0 aliphatic carbocycles. The first-order valence-corrected chi connectivity index (χ1v) is 6.60. The number of hydrogen-bond acceptors (Lipinski definition) is 2. The summed E-state index contributed by atoms with van der Waals surface area (Å²) >= 11 is 0. The van der Waals surface area contributed by atoms with Crippen LogP contribution in [0.4, 0.5) is 0 Å². The van der Waals surface area contributed by atoms with Gasteiger partial charge in [0.15, 0.2) is 0 Å². The van der Waals surface area contributed by atoms with Gasteiger partial charge in [-0.15, -0.1) is 6.42 Å². The van der Waals surface area contributed by atoms with Gasteiger partial charge in [0.1, 0.15) is 0 Å². The lowest BCUT2D eigenvalue weighted by molar-refractivity contribution is 0.236. The van der Waals surface area contributed by atoms with E-state index in [1.165, 1.54) is 5.47 Å². The van der Waals surface area contributed by atoms with E-state index in [1.807, 2.05) is 0 Å². The highest BCUT2D eigenvalue weighted by Gasteiger charge is 2.38. The van der Waals surface area contributed by atoms with Crippen molar-refractivity contribution in [3.63, 3.8) is 0 Å². The van der Waals surface area contributed by atoms with Crippen LogP contribution in [0.1, 0.15) is 47.5 Å². The second-order valence-corrected chi connectivity index (χ2v) is 5.11. The summed E-state index contributed by atoms with van der Waals surface area (Å²) in [6.45, 7) is 11.7. The van der Waals surface area contributed by atoms with Gasteiger partial charge in [-0.2, -0.15) is 0 Å². The Morgan fingerprint density at radius 2 is 2.00 bits per heavy atom. The van der Waals surface area contributed by atoms with Crippen molar-refractivity contribution in [1.29, 1.82) is 0 Å². The third kappa shape index (κ3) is 3.15. The smallest absolute Gasteiger partial charge is 0.415 e. The Labute approximate surface area is 107 Å². The van der Waals surface area contributed by atoms with E-state index in [4.69, 9.17) is 11.1 Å². The average molecular weight is 233 g/mol. The van der Waals surface area contributed by atoms with Crippen molar-refractivity contribution in [3.05, 3.63) is 11.0 Å². The summed E-state index contributed by atoms with van der Waals surface area (Å²) in [7, 11) is 0.0843. The quantitative estimate of drug-likeness (QED) is 0.546. The molecule has 1 heterocycles. The third-order valence-corrected chi connectivity index (χ3v) is 3.32. The molecular weight excluding hydrogens is 209 g/mol. The van der Waals surface area contributed by atoms with Crippen LogP contribution in [0.5, 0.6) is 0 Å². The Morgan fingerprint density at radius 3 is 2.41 bits per heavy atom. The Balaban J connectivity index is 3.03. The van der Waals surface area contributed by atoms with E-state index in [1.54, 1.807) is 0 Å². The Kier molecular flexibility index (Phi) is 5.30. The molecule has 0 spiro atoms. The summed E-state index contributed by atoms with van der Waals surface area (Å²) in [5, 5.41) is 0.